The highest BCUT2D eigenvalue weighted by Crippen LogP contribution is 2.29. The summed E-state index contributed by atoms with van der Waals surface area (Å²) in [6, 6.07) is 31.3. The molecule has 6 nitrogen and oxygen atoms in total. The molecule has 0 aliphatic carbocycles. The number of benzene rings is 4. The molecule has 0 spiro atoms. The SMILES string of the molecule is CC(C)(C)c1ccc(C(=O)CC(C(=O)c2ccc(-c3ccccc3)cc2)c2ccc(C(=O)NCCC(=O)O)cc2)cc1. The third-order valence-electron chi connectivity index (χ3n) is 7.26. The Kier molecular flexibility index (Phi) is 9.48. The van der Waals surface area contributed by atoms with Crippen molar-refractivity contribution >= 4 is 23.4 Å². The number of Topliss-reactive ketones (excluding diaryl/α,β-unsaturated/α-hetero) is 2. The number of carboxylic acid groups (broad SMARTS) is 1. The molecule has 6 heteroatoms. The van der Waals surface area contributed by atoms with Gasteiger partial charge in [-0.3, -0.25) is 19.2 Å². The van der Waals surface area contributed by atoms with Crippen LogP contribution in [-0.4, -0.2) is 35.1 Å². The average molecular weight is 562 g/mol. The smallest absolute Gasteiger partial charge is 0.305 e. The number of carbonyl (C=O) groups is 4. The Balaban J connectivity index is 1.60. The molecular weight excluding hydrogens is 526 g/mol. The fourth-order valence-corrected chi connectivity index (χ4v) is 4.73. The van der Waals surface area contributed by atoms with Gasteiger partial charge in [-0.2, -0.15) is 0 Å². The van der Waals surface area contributed by atoms with Gasteiger partial charge in [0.15, 0.2) is 11.6 Å². The molecular formula is C36H35NO5. The minimum absolute atomic E-state index is 0.0124. The first kappa shape index (κ1) is 30.1. The molecule has 0 fully saturated rings. The molecule has 214 valence electrons. The van der Waals surface area contributed by atoms with Crippen LogP contribution in [0.15, 0.2) is 103 Å². The van der Waals surface area contributed by atoms with Crippen LogP contribution < -0.4 is 5.32 Å². The van der Waals surface area contributed by atoms with Gasteiger partial charge in [0.2, 0.25) is 0 Å². The van der Waals surface area contributed by atoms with Crippen LogP contribution in [-0.2, 0) is 10.2 Å². The van der Waals surface area contributed by atoms with Gasteiger partial charge in [-0.15, -0.1) is 0 Å². The summed E-state index contributed by atoms with van der Waals surface area (Å²) in [4.78, 5) is 50.5. The van der Waals surface area contributed by atoms with Crippen LogP contribution in [0.3, 0.4) is 0 Å². The van der Waals surface area contributed by atoms with Crippen molar-refractivity contribution < 1.29 is 24.3 Å². The van der Waals surface area contributed by atoms with Crippen molar-refractivity contribution in [3.63, 3.8) is 0 Å². The summed E-state index contributed by atoms with van der Waals surface area (Å²) < 4.78 is 0. The van der Waals surface area contributed by atoms with Crippen LogP contribution >= 0.6 is 0 Å². The number of amides is 1. The molecule has 0 aromatic heterocycles. The lowest BCUT2D eigenvalue weighted by Crippen LogP contribution is -2.26. The van der Waals surface area contributed by atoms with Crippen LogP contribution in [0.2, 0.25) is 0 Å². The Labute approximate surface area is 246 Å². The van der Waals surface area contributed by atoms with Crippen molar-refractivity contribution in [1.82, 2.24) is 5.32 Å². The first-order chi connectivity index (χ1) is 20.0. The number of rotatable bonds is 11. The maximum Gasteiger partial charge on any atom is 0.305 e. The number of hydrogen-bond acceptors (Lipinski definition) is 4. The minimum Gasteiger partial charge on any atom is -0.481 e. The number of ketones is 2. The Bertz CT molecular complexity index is 1550. The zero-order valence-electron chi connectivity index (χ0n) is 24.1. The van der Waals surface area contributed by atoms with Gasteiger partial charge < -0.3 is 10.4 Å². The van der Waals surface area contributed by atoms with Crippen LogP contribution in [0.4, 0.5) is 0 Å². The highest BCUT2D eigenvalue weighted by atomic mass is 16.4. The lowest BCUT2D eigenvalue weighted by molar-refractivity contribution is -0.136. The molecule has 0 bridgehead atoms. The highest BCUT2D eigenvalue weighted by Gasteiger charge is 2.26. The monoisotopic (exact) mass is 561 g/mol. The maximum atomic E-state index is 13.9. The van der Waals surface area contributed by atoms with Crippen molar-refractivity contribution in [2.75, 3.05) is 6.54 Å². The minimum atomic E-state index is -0.999. The van der Waals surface area contributed by atoms with E-state index in [1.807, 2.05) is 66.7 Å². The van der Waals surface area contributed by atoms with Crippen molar-refractivity contribution in [2.24, 2.45) is 0 Å². The Morgan fingerprint density at radius 1 is 0.690 bits per heavy atom. The van der Waals surface area contributed by atoms with Crippen LogP contribution in [0, 0.1) is 0 Å². The summed E-state index contributed by atoms with van der Waals surface area (Å²) in [6.45, 7) is 6.34. The largest absolute Gasteiger partial charge is 0.481 e. The van der Waals surface area contributed by atoms with Crippen LogP contribution in [0.25, 0.3) is 11.1 Å². The molecule has 0 radical (unpaired) electrons. The van der Waals surface area contributed by atoms with Crippen molar-refractivity contribution in [3.8, 4) is 11.1 Å². The van der Waals surface area contributed by atoms with E-state index in [2.05, 4.69) is 26.1 Å². The normalized spacial score (nSPS) is 11.9. The fourth-order valence-electron chi connectivity index (χ4n) is 4.73. The van der Waals surface area contributed by atoms with Gasteiger partial charge in [-0.05, 0) is 39.8 Å². The molecule has 42 heavy (non-hydrogen) atoms. The summed E-state index contributed by atoms with van der Waals surface area (Å²) in [7, 11) is 0. The second-order valence-corrected chi connectivity index (χ2v) is 11.3. The van der Waals surface area contributed by atoms with Crippen LogP contribution in [0.5, 0.6) is 0 Å². The second-order valence-electron chi connectivity index (χ2n) is 11.3. The van der Waals surface area contributed by atoms with Gasteiger partial charge in [0.25, 0.3) is 5.91 Å². The van der Waals surface area contributed by atoms with E-state index in [1.165, 1.54) is 0 Å². The van der Waals surface area contributed by atoms with Crippen molar-refractivity contribution in [3.05, 3.63) is 131 Å². The topological polar surface area (TPSA) is 101 Å². The second kappa shape index (κ2) is 13.2. The molecule has 0 heterocycles. The van der Waals surface area contributed by atoms with E-state index in [9.17, 15) is 19.2 Å². The number of carboxylic acids is 1. The predicted molar refractivity (Wildman–Crippen MR) is 164 cm³/mol. The number of aliphatic carboxylic acids is 1. The van der Waals surface area contributed by atoms with Gasteiger partial charge in [0.1, 0.15) is 0 Å². The third-order valence-corrected chi connectivity index (χ3v) is 7.26. The molecule has 2 N–H and O–H groups in total. The Hall–Kier alpha value is -4.84. The van der Waals surface area contributed by atoms with Gasteiger partial charge in [0.05, 0.1) is 12.3 Å². The lowest BCUT2D eigenvalue weighted by atomic mass is 9.83. The molecule has 0 aliphatic rings. The first-order valence-corrected chi connectivity index (χ1v) is 14.0. The summed E-state index contributed by atoms with van der Waals surface area (Å²) in [6.07, 6.45) is -0.208. The molecule has 4 aromatic carbocycles. The zero-order valence-corrected chi connectivity index (χ0v) is 24.1. The predicted octanol–water partition coefficient (Wildman–Crippen LogP) is 7.10. The standard InChI is InChI=1S/C36H35NO5/c1-36(2,3)30-19-17-27(18-20-30)32(38)23-31(26-11-15-29(16-12-26)35(42)37-22-21-33(39)40)34(41)28-13-9-25(10-14-28)24-7-5-4-6-8-24/h4-20,31H,21-23H2,1-3H3,(H,37,42)(H,39,40). The third kappa shape index (κ3) is 7.67. The Morgan fingerprint density at radius 3 is 1.81 bits per heavy atom. The number of hydrogen-bond donors (Lipinski definition) is 2. The highest BCUT2D eigenvalue weighted by molar-refractivity contribution is 6.06. The number of nitrogens with one attached hydrogen (secondary N) is 1. The van der Waals surface area contributed by atoms with E-state index in [0.717, 1.165) is 16.7 Å². The van der Waals surface area contributed by atoms with E-state index in [4.69, 9.17) is 5.11 Å². The molecule has 4 aromatic rings. The Morgan fingerprint density at radius 2 is 1.24 bits per heavy atom. The quantitative estimate of drug-likeness (QED) is 0.190. The van der Waals surface area contributed by atoms with Gasteiger partial charge in [-0.1, -0.05) is 112 Å². The summed E-state index contributed by atoms with van der Waals surface area (Å²) in [5.74, 6) is -2.50. The maximum absolute atomic E-state index is 13.9. The molecule has 4 rings (SSSR count). The molecule has 1 atom stereocenters. The summed E-state index contributed by atoms with van der Waals surface area (Å²) in [5, 5.41) is 11.4. The molecule has 0 aliphatic heterocycles. The van der Waals surface area contributed by atoms with Gasteiger partial charge in [-0.25, -0.2) is 0 Å². The van der Waals surface area contributed by atoms with E-state index in [1.54, 1.807) is 36.4 Å². The summed E-state index contributed by atoms with van der Waals surface area (Å²) >= 11 is 0. The average Bonchev–Trinajstić information content (AvgIpc) is 2.99. The fraction of sp³-hybridized carbons (Fsp3) is 0.222. The first-order valence-electron chi connectivity index (χ1n) is 14.0. The van der Waals surface area contributed by atoms with Gasteiger partial charge >= 0.3 is 5.97 Å². The molecule has 1 amide bonds. The van der Waals surface area contributed by atoms with Crippen molar-refractivity contribution in [2.45, 2.75) is 44.9 Å². The van der Waals surface area contributed by atoms with E-state index in [0.29, 0.717) is 22.3 Å². The van der Waals surface area contributed by atoms with Gasteiger partial charge in [0, 0.05) is 29.7 Å². The molecule has 0 saturated heterocycles. The molecule has 0 saturated carbocycles. The van der Waals surface area contributed by atoms with Crippen LogP contribution in [0.1, 0.15) is 81.7 Å². The summed E-state index contributed by atoms with van der Waals surface area (Å²) in [5.41, 5.74) is 5.08. The van der Waals surface area contributed by atoms with E-state index < -0.39 is 17.8 Å². The van der Waals surface area contributed by atoms with E-state index in [-0.39, 0.29) is 36.4 Å². The lowest BCUT2D eigenvalue weighted by Gasteiger charge is -2.20. The van der Waals surface area contributed by atoms with E-state index >= 15 is 0 Å². The molecule has 1 unspecified atom stereocenters. The van der Waals surface area contributed by atoms with Crippen molar-refractivity contribution in [1.29, 1.82) is 0 Å². The number of carbonyl (C=O) groups excluding carboxylic acids is 3. The zero-order chi connectivity index (χ0) is 30.3.